The van der Waals surface area contributed by atoms with Gasteiger partial charge < -0.3 is 20.1 Å². The number of carboxylic acid groups (broad SMARTS) is 1. The number of nitrogens with zero attached hydrogens (tertiary/aromatic N) is 1. The molecule has 0 aromatic carbocycles. The van der Waals surface area contributed by atoms with Gasteiger partial charge in [-0.3, -0.25) is 4.79 Å². The minimum atomic E-state index is -1.01. The largest absolute Gasteiger partial charge is 0.480 e. The molecule has 0 aromatic heterocycles. The molecule has 0 aliphatic heterocycles. The Kier molecular flexibility index (Phi) is 7.44. The third-order valence-corrected chi connectivity index (χ3v) is 2.89. The predicted molar refractivity (Wildman–Crippen MR) is 73.2 cm³/mol. The van der Waals surface area contributed by atoms with Crippen LogP contribution in [-0.4, -0.2) is 54.9 Å². The van der Waals surface area contributed by atoms with Crippen LogP contribution in [-0.2, 0) is 9.53 Å². The first-order valence-electron chi connectivity index (χ1n) is 6.45. The van der Waals surface area contributed by atoms with E-state index >= 15 is 0 Å². The normalized spacial score (nSPS) is 11.5. The van der Waals surface area contributed by atoms with Crippen molar-refractivity contribution in [2.24, 2.45) is 5.41 Å². The number of amides is 2. The zero-order valence-corrected chi connectivity index (χ0v) is 12.5. The highest BCUT2D eigenvalue weighted by molar-refractivity contribution is 5.80. The number of hydrogen-bond donors (Lipinski definition) is 2. The van der Waals surface area contributed by atoms with Crippen molar-refractivity contribution in [3.63, 3.8) is 0 Å². The lowest BCUT2D eigenvalue weighted by atomic mass is 9.90. The van der Waals surface area contributed by atoms with Crippen molar-refractivity contribution < 1.29 is 19.4 Å². The Bertz CT molecular complexity index is 303. The minimum Gasteiger partial charge on any atom is -0.480 e. The van der Waals surface area contributed by atoms with Crippen LogP contribution in [0.3, 0.4) is 0 Å². The van der Waals surface area contributed by atoms with Gasteiger partial charge in [-0.25, -0.2) is 4.79 Å². The Morgan fingerprint density at radius 3 is 2.37 bits per heavy atom. The highest BCUT2D eigenvalue weighted by Crippen LogP contribution is 2.18. The Hall–Kier alpha value is -1.30. The maximum Gasteiger partial charge on any atom is 0.323 e. The minimum absolute atomic E-state index is 0.0858. The van der Waals surface area contributed by atoms with Crippen LogP contribution in [0.4, 0.5) is 4.79 Å². The number of methoxy groups -OCH3 is 1. The van der Waals surface area contributed by atoms with Crippen molar-refractivity contribution in [3.05, 3.63) is 0 Å². The molecule has 6 heteroatoms. The van der Waals surface area contributed by atoms with Crippen molar-refractivity contribution in [2.45, 2.75) is 40.2 Å². The molecule has 0 aliphatic rings. The first-order chi connectivity index (χ1) is 8.69. The maximum atomic E-state index is 12.0. The van der Waals surface area contributed by atoms with Crippen LogP contribution in [0.15, 0.2) is 0 Å². The number of carboxylic acids is 1. The van der Waals surface area contributed by atoms with Crippen molar-refractivity contribution >= 4 is 12.0 Å². The summed E-state index contributed by atoms with van der Waals surface area (Å²) in [6.07, 6.45) is 0.824. The number of carbonyl (C=O) groups is 2. The van der Waals surface area contributed by atoms with Crippen molar-refractivity contribution in [2.75, 3.05) is 26.8 Å². The van der Waals surface area contributed by atoms with Crippen LogP contribution in [0.5, 0.6) is 0 Å². The van der Waals surface area contributed by atoms with E-state index in [1.54, 1.807) is 21.0 Å². The fourth-order valence-corrected chi connectivity index (χ4v) is 1.52. The highest BCUT2D eigenvalue weighted by atomic mass is 16.5. The van der Waals surface area contributed by atoms with E-state index < -0.39 is 5.97 Å². The van der Waals surface area contributed by atoms with Gasteiger partial charge in [0.15, 0.2) is 0 Å². The topological polar surface area (TPSA) is 78.9 Å². The summed E-state index contributed by atoms with van der Waals surface area (Å²) in [5, 5.41) is 11.6. The molecule has 2 amide bonds. The second-order valence-corrected chi connectivity index (χ2v) is 5.68. The number of carbonyl (C=O) groups excluding carboxylic acids is 1. The van der Waals surface area contributed by atoms with Crippen molar-refractivity contribution in [3.8, 4) is 0 Å². The molecule has 0 heterocycles. The molecule has 0 saturated carbocycles. The Morgan fingerprint density at radius 1 is 1.37 bits per heavy atom. The second-order valence-electron chi connectivity index (χ2n) is 5.68. The number of rotatable bonds is 8. The van der Waals surface area contributed by atoms with Crippen LogP contribution < -0.4 is 5.32 Å². The Morgan fingerprint density at radius 2 is 1.95 bits per heavy atom. The van der Waals surface area contributed by atoms with Crippen LogP contribution in [0.1, 0.15) is 34.1 Å². The van der Waals surface area contributed by atoms with E-state index in [-0.39, 0.29) is 24.0 Å². The molecule has 0 saturated heterocycles. The number of nitrogens with one attached hydrogen (secondary N) is 1. The van der Waals surface area contributed by atoms with Gasteiger partial charge in [-0.05, 0) is 25.7 Å². The summed E-state index contributed by atoms with van der Waals surface area (Å²) in [4.78, 5) is 24.0. The quantitative estimate of drug-likeness (QED) is 0.704. The SMILES string of the molecule is COCCC(C)(C)CNC(=O)N(CC(=O)O)C(C)C. The number of urea groups is 1. The summed E-state index contributed by atoms with van der Waals surface area (Å²) in [6.45, 7) is 8.47. The van der Waals surface area contributed by atoms with E-state index in [9.17, 15) is 9.59 Å². The number of aliphatic carboxylic acids is 1. The van der Waals surface area contributed by atoms with Gasteiger partial charge in [0.2, 0.25) is 0 Å². The van der Waals surface area contributed by atoms with Gasteiger partial charge in [0.05, 0.1) is 0 Å². The number of ether oxygens (including phenoxy) is 1. The summed E-state index contributed by atoms with van der Waals surface area (Å²) in [5.74, 6) is -1.01. The molecule has 0 spiro atoms. The Labute approximate surface area is 115 Å². The molecular weight excluding hydrogens is 248 g/mol. The standard InChI is InChI=1S/C13H26N2O4/c1-10(2)15(8-11(16)17)12(18)14-9-13(3,4)6-7-19-5/h10H,6-9H2,1-5H3,(H,14,18)(H,16,17). The molecule has 0 bridgehead atoms. The third kappa shape index (κ3) is 7.66. The average Bonchev–Trinajstić information content (AvgIpc) is 2.30. The maximum absolute atomic E-state index is 12.0. The fourth-order valence-electron chi connectivity index (χ4n) is 1.52. The molecule has 0 atom stereocenters. The van der Waals surface area contributed by atoms with Gasteiger partial charge in [-0.1, -0.05) is 13.8 Å². The lowest BCUT2D eigenvalue weighted by Crippen LogP contribution is -2.48. The molecule has 2 N–H and O–H groups in total. The van der Waals surface area contributed by atoms with Gasteiger partial charge in [0.1, 0.15) is 6.54 Å². The molecule has 0 fully saturated rings. The molecule has 0 radical (unpaired) electrons. The van der Waals surface area contributed by atoms with Gasteiger partial charge in [0.25, 0.3) is 0 Å². The van der Waals surface area contributed by atoms with Crippen LogP contribution in [0.25, 0.3) is 0 Å². The summed E-state index contributed by atoms with van der Waals surface area (Å²) >= 11 is 0. The molecule has 0 unspecified atom stereocenters. The highest BCUT2D eigenvalue weighted by Gasteiger charge is 2.23. The van der Waals surface area contributed by atoms with Gasteiger partial charge >= 0.3 is 12.0 Å². The first kappa shape index (κ1) is 17.7. The zero-order valence-electron chi connectivity index (χ0n) is 12.5. The molecule has 112 valence electrons. The molecular formula is C13H26N2O4. The van der Waals surface area contributed by atoms with Gasteiger partial charge in [-0.15, -0.1) is 0 Å². The number of hydrogen-bond acceptors (Lipinski definition) is 3. The lowest BCUT2D eigenvalue weighted by molar-refractivity contribution is -0.138. The molecule has 0 rings (SSSR count). The van der Waals surface area contributed by atoms with E-state index in [1.807, 2.05) is 13.8 Å². The van der Waals surface area contributed by atoms with Gasteiger partial charge in [-0.2, -0.15) is 0 Å². The summed E-state index contributed by atoms with van der Waals surface area (Å²) < 4.78 is 5.02. The average molecular weight is 274 g/mol. The summed E-state index contributed by atoms with van der Waals surface area (Å²) in [6, 6.07) is -0.499. The summed E-state index contributed by atoms with van der Waals surface area (Å²) in [5.41, 5.74) is -0.0858. The van der Waals surface area contributed by atoms with E-state index in [4.69, 9.17) is 9.84 Å². The van der Waals surface area contributed by atoms with Crippen LogP contribution >= 0.6 is 0 Å². The van der Waals surface area contributed by atoms with Gasteiger partial charge in [0, 0.05) is 26.3 Å². The van der Waals surface area contributed by atoms with Crippen molar-refractivity contribution in [1.82, 2.24) is 10.2 Å². The van der Waals surface area contributed by atoms with Crippen molar-refractivity contribution in [1.29, 1.82) is 0 Å². The molecule has 6 nitrogen and oxygen atoms in total. The third-order valence-electron chi connectivity index (χ3n) is 2.89. The molecule has 0 aliphatic carbocycles. The van der Waals surface area contributed by atoms with E-state index in [0.29, 0.717) is 13.2 Å². The smallest absolute Gasteiger partial charge is 0.323 e. The molecule has 19 heavy (non-hydrogen) atoms. The summed E-state index contributed by atoms with van der Waals surface area (Å²) in [7, 11) is 1.64. The Balaban J connectivity index is 4.36. The lowest BCUT2D eigenvalue weighted by Gasteiger charge is -2.29. The first-order valence-corrected chi connectivity index (χ1v) is 6.45. The monoisotopic (exact) mass is 274 g/mol. The van der Waals surface area contributed by atoms with Crippen LogP contribution in [0, 0.1) is 5.41 Å². The van der Waals surface area contributed by atoms with Crippen LogP contribution in [0.2, 0.25) is 0 Å². The fraction of sp³-hybridized carbons (Fsp3) is 0.846. The zero-order chi connectivity index (χ0) is 15.1. The van der Waals surface area contributed by atoms with E-state index in [2.05, 4.69) is 5.32 Å². The molecule has 0 aromatic rings. The van der Waals surface area contributed by atoms with E-state index in [0.717, 1.165) is 6.42 Å². The van der Waals surface area contributed by atoms with E-state index in [1.165, 1.54) is 4.90 Å². The predicted octanol–water partition coefficient (Wildman–Crippen LogP) is 1.55. The second kappa shape index (κ2) is 7.99.